The Kier molecular flexibility index (Phi) is 4.18. The summed E-state index contributed by atoms with van der Waals surface area (Å²) < 4.78 is 0. The van der Waals surface area contributed by atoms with Crippen molar-refractivity contribution in [3.05, 3.63) is 29.9 Å². The predicted octanol–water partition coefficient (Wildman–Crippen LogP) is 2.98. The molecule has 2 heterocycles. The molecule has 5 heteroatoms. The second-order valence-corrected chi connectivity index (χ2v) is 5.04. The fourth-order valence-corrected chi connectivity index (χ4v) is 2.32. The van der Waals surface area contributed by atoms with Gasteiger partial charge in [-0.3, -0.25) is 4.98 Å². The molecular weight excluding hydrogens is 238 g/mol. The monoisotopic (exact) mass is 251 g/mol. The van der Waals surface area contributed by atoms with Crippen molar-refractivity contribution in [2.45, 2.75) is 0 Å². The molecule has 0 spiro atoms. The number of thioether (sulfide) groups is 1. The van der Waals surface area contributed by atoms with E-state index in [2.05, 4.69) is 26.9 Å². The van der Waals surface area contributed by atoms with E-state index in [1.807, 2.05) is 30.1 Å². The van der Waals surface area contributed by atoms with Gasteiger partial charge in [0.05, 0.1) is 5.69 Å². The predicted molar refractivity (Wildman–Crippen MR) is 72.2 cm³/mol. The fourth-order valence-electron chi connectivity index (χ4n) is 1.26. The molecule has 0 radical (unpaired) electrons. The number of pyridine rings is 1. The van der Waals surface area contributed by atoms with Crippen LogP contribution in [0.1, 0.15) is 0 Å². The van der Waals surface area contributed by atoms with E-state index in [-0.39, 0.29) is 0 Å². The Bertz CT molecular complexity index is 428. The lowest BCUT2D eigenvalue weighted by molar-refractivity contribution is 1.20. The second kappa shape index (κ2) is 5.86. The van der Waals surface area contributed by atoms with Crippen LogP contribution in [0.2, 0.25) is 0 Å². The molecule has 0 aliphatic heterocycles. The number of thiazole rings is 1. The van der Waals surface area contributed by atoms with Crippen molar-refractivity contribution in [3.63, 3.8) is 0 Å². The molecule has 16 heavy (non-hydrogen) atoms. The quantitative estimate of drug-likeness (QED) is 0.829. The molecule has 0 atom stereocenters. The molecule has 84 valence electrons. The van der Waals surface area contributed by atoms with Gasteiger partial charge in [0.25, 0.3) is 0 Å². The van der Waals surface area contributed by atoms with E-state index in [9.17, 15) is 0 Å². The Balaban J connectivity index is 2.02. The maximum absolute atomic E-state index is 4.51. The van der Waals surface area contributed by atoms with Crippen molar-refractivity contribution < 1.29 is 0 Å². The van der Waals surface area contributed by atoms with Crippen LogP contribution < -0.4 is 5.32 Å². The topological polar surface area (TPSA) is 37.8 Å². The molecule has 0 amide bonds. The van der Waals surface area contributed by atoms with Crippen LogP contribution in [-0.2, 0) is 0 Å². The largest absolute Gasteiger partial charge is 0.361 e. The normalized spacial score (nSPS) is 10.3. The lowest BCUT2D eigenvalue weighted by Gasteiger charge is -1.99. The van der Waals surface area contributed by atoms with E-state index in [0.717, 1.165) is 28.7 Å². The average molecular weight is 251 g/mol. The van der Waals surface area contributed by atoms with Gasteiger partial charge in [-0.05, 0) is 18.4 Å². The molecule has 0 fully saturated rings. The molecule has 0 aliphatic rings. The zero-order chi connectivity index (χ0) is 11.2. The Labute approximate surface area is 103 Å². The molecule has 1 N–H and O–H groups in total. The van der Waals surface area contributed by atoms with Gasteiger partial charge in [0.1, 0.15) is 0 Å². The average Bonchev–Trinajstić information content (AvgIpc) is 2.79. The minimum atomic E-state index is 0.959. The lowest BCUT2D eigenvalue weighted by Crippen LogP contribution is -2.02. The van der Waals surface area contributed by atoms with E-state index in [1.54, 1.807) is 17.5 Å². The summed E-state index contributed by atoms with van der Waals surface area (Å²) in [6.45, 7) is 0.959. The maximum Gasteiger partial charge on any atom is 0.183 e. The van der Waals surface area contributed by atoms with Crippen molar-refractivity contribution in [1.29, 1.82) is 0 Å². The Morgan fingerprint density at radius 3 is 3.19 bits per heavy atom. The lowest BCUT2D eigenvalue weighted by atomic mass is 10.2. The number of hydrogen-bond acceptors (Lipinski definition) is 5. The highest BCUT2D eigenvalue weighted by Crippen LogP contribution is 2.23. The van der Waals surface area contributed by atoms with E-state index < -0.39 is 0 Å². The maximum atomic E-state index is 4.51. The number of nitrogens with one attached hydrogen (secondary N) is 1. The van der Waals surface area contributed by atoms with Crippen molar-refractivity contribution in [2.75, 3.05) is 23.9 Å². The molecule has 0 saturated heterocycles. The third-order valence-electron chi connectivity index (χ3n) is 2.04. The van der Waals surface area contributed by atoms with Gasteiger partial charge in [0, 0.05) is 35.6 Å². The number of hydrogen-bond donors (Lipinski definition) is 1. The molecule has 0 unspecified atom stereocenters. The molecule has 0 bridgehead atoms. The summed E-state index contributed by atoms with van der Waals surface area (Å²) in [6, 6.07) is 3.95. The van der Waals surface area contributed by atoms with Gasteiger partial charge in [-0.2, -0.15) is 11.8 Å². The van der Waals surface area contributed by atoms with E-state index in [4.69, 9.17) is 0 Å². The van der Waals surface area contributed by atoms with Crippen LogP contribution in [0.25, 0.3) is 11.3 Å². The van der Waals surface area contributed by atoms with Gasteiger partial charge in [0.15, 0.2) is 5.13 Å². The summed E-state index contributed by atoms with van der Waals surface area (Å²) in [5.74, 6) is 1.10. The first-order valence-electron chi connectivity index (χ1n) is 4.99. The van der Waals surface area contributed by atoms with Gasteiger partial charge in [-0.25, -0.2) is 4.98 Å². The number of rotatable bonds is 5. The zero-order valence-corrected chi connectivity index (χ0v) is 10.6. The van der Waals surface area contributed by atoms with Crippen molar-refractivity contribution >= 4 is 28.2 Å². The van der Waals surface area contributed by atoms with Crippen LogP contribution in [0.4, 0.5) is 5.13 Å². The van der Waals surface area contributed by atoms with Gasteiger partial charge in [-0.15, -0.1) is 11.3 Å². The van der Waals surface area contributed by atoms with Crippen LogP contribution in [0.15, 0.2) is 29.9 Å². The third-order valence-corrected chi connectivity index (χ3v) is 3.46. The number of aromatic nitrogens is 2. The van der Waals surface area contributed by atoms with Crippen molar-refractivity contribution in [3.8, 4) is 11.3 Å². The standard InChI is InChI=1S/C11H13N3S2/c1-15-6-5-13-11-14-10(8-16-11)9-3-2-4-12-7-9/h2-4,7-8H,5-6H2,1H3,(H,13,14). The number of anilines is 1. The Morgan fingerprint density at radius 2 is 2.44 bits per heavy atom. The summed E-state index contributed by atoms with van der Waals surface area (Å²) in [6.07, 6.45) is 5.71. The van der Waals surface area contributed by atoms with Crippen LogP contribution in [0, 0.1) is 0 Å². The molecule has 2 aromatic rings. The highest BCUT2D eigenvalue weighted by atomic mass is 32.2. The molecule has 0 aliphatic carbocycles. The Morgan fingerprint density at radius 1 is 1.50 bits per heavy atom. The summed E-state index contributed by atoms with van der Waals surface area (Å²) >= 11 is 3.46. The minimum Gasteiger partial charge on any atom is -0.361 e. The van der Waals surface area contributed by atoms with Crippen LogP contribution in [0.3, 0.4) is 0 Å². The van der Waals surface area contributed by atoms with Gasteiger partial charge in [-0.1, -0.05) is 0 Å². The minimum absolute atomic E-state index is 0.959. The van der Waals surface area contributed by atoms with Crippen LogP contribution >= 0.6 is 23.1 Å². The van der Waals surface area contributed by atoms with E-state index in [0.29, 0.717) is 0 Å². The van der Waals surface area contributed by atoms with E-state index >= 15 is 0 Å². The van der Waals surface area contributed by atoms with Crippen molar-refractivity contribution in [1.82, 2.24) is 9.97 Å². The first kappa shape index (κ1) is 11.4. The highest BCUT2D eigenvalue weighted by Gasteiger charge is 2.03. The second-order valence-electron chi connectivity index (χ2n) is 3.20. The van der Waals surface area contributed by atoms with Gasteiger partial charge < -0.3 is 5.32 Å². The molecule has 0 saturated carbocycles. The number of nitrogens with zero attached hydrogens (tertiary/aromatic N) is 2. The summed E-state index contributed by atoms with van der Waals surface area (Å²) in [7, 11) is 0. The fraction of sp³-hybridized carbons (Fsp3) is 0.273. The summed E-state index contributed by atoms with van der Waals surface area (Å²) in [5, 5.41) is 6.34. The van der Waals surface area contributed by atoms with Gasteiger partial charge in [0.2, 0.25) is 0 Å². The zero-order valence-electron chi connectivity index (χ0n) is 9.01. The van der Waals surface area contributed by atoms with Crippen LogP contribution in [0.5, 0.6) is 0 Å². The SMILES string of the molecule is CSCCNc1nc(-c2cccnc2)cs1. The molecule has 3 nitrogen and oxygen atoms in total. The summed E-state index contributed by atoms with van der Waals surface area (Å²) in [5.41, 5.74) is 2.06. The Hall–Kier alpha value is -1.07. The van der Waals surface area contributed by atoms with E-state index in [1.165, 1.54) is 0 Å². The smallest absolute Gasteiger partial charge is 0.183 e. The highest BCUT2D eigenvalue weighted by molar-refractivity contribution is 7.98. The first-order valence-corrected chi connectivity index (χ1v) is 7.26. The molecule has 2 aromatic heterocycles. The summed E-state index contributed by atoms with van der Waals surface area (Å²) in [4.78, 5) is 8.60. The molecular formula is C11H13N3S2. The van der Waals surface area contributed by atoms with Crippen molar-refractivity contribution in [2.24, 2.45) is 0 Å². The van der Waals surface area contributed by atoms with Gasteiger partial charge >= 0.3 is 0 Å². The van der Waals surface area contributed by atoms with Crippen LogP contribution in [-0.4, -0.2) is 28.5 Å². The molecule has 0 aromatic carbocycles. The third kappa shape index (κ3) is 2.96. The first-order chi connectivity index (χ1) is 7.90. The molecule has 2 rings (SSSR count).